The van der Waals surface area contributed by atoms with Crippen molar-refractivity contribution in [3.05, 3.63) is 76.5 Å². The van der Waals surface area contributed by atoms with Crippen molar-refractivity contribution in [2.75, 3.05) is 0 Å². The van der Waals surface area contributed by atoms with Gasteiger partial charge in [0.15, 0.2) is 5.76 Å². The number of benzene rings is 2. The minimum atomic E-state index is -0.143. The van der Waals surface area contributed by atoms with E-state index in [1.807, 2.05) is 54.6 Å². The van der Waals surface area contributed by atoms with Crippen molar-refractivity contribution in [1.82, 2.24) is 5.16 Å². The van der Waals surface area contributed by atoms with Gasteiger partial charge in [0.05, 0.1) is 12.2 Å². The SMILES string of the molecule is OCc1c(-c2ccc(Cl)cc2)noc1/C=C/c1ccccc1. The van der Waals surface area contributed by atoms with Crippen LogP contribution in [0.5, 0.6) is 0 Å². The van der Waals surface area contributed by atoms with E-state index in [4.69, 9.17) is 16.1 Å². The first-order valence-electron chi connectivity index (χ1n) is 6.86. The van der Waals surface area contributed by atoms with Crippen LogP contribution in [0.15, 0.2) is 59.1 Å². The lowest BCUT2D eigenvalue weighted by molar-refractivity contribution is 0.280. The van der Waals surface area contributed by atoms with Gasteiger partial charge in [0.25, 0.3) is 0 Å². The van der Waals surface area contributed by atoms with Crippen LogP contribution in [0, 0.1) is 0 Å². The molecule has 0 aliphatic carbocycles. The Morgan fingerprint density at radius 1 is 1.00 bits per heavy atom. The molecule has 0 bridgehead atoms. The van der Waals surface area contributed by atoms with E-state index in [1.54, 1.807) is 12.1 Å². The molecule has 1 heterocycles. The molecular weight excluding hydrogens is 298 g/mol. The normalized spacial score (nSPS) is 11.2. The predicted molar refractivity (Wildman–Crippen MR) is 88.2 cm³/mol. The molecule has 3 aromatic rings. The molecule has 0 saturated heterocycles. The molecule has 0 spiro atoms. The van der Waals surface area contributed by atoms with Gasteiger partial charge in [-0.25, -0.2) is 0 Å². The fourth-order valence-corrected chi connectivity index (χ4v) is 2.30. The molecule has 110 valence electrons. The standard InChI is InChI=1S/C18H14ClNO2/c19-15-9-7-14(8-10-15)18-16(12-21)17(22-20-18)11-6-13-4-2-1-3-5-13/h1-11,21H,12H2/b11-6+. The minimum Gasteiger partial charge on any atom is -0.391 e. The average molecular weight is 312 g/mol. The summed E-state index contributed by atoms with van der Waals surface area (Å²) in [4.78, 5) is 0. The summed E-state index contributed by atoms with van der Waals surface area (Å²) in [7, 11) is 0. The number of aliphatic hydroxyl groups is 1. The van der Waals surface area contributed by atoms with E-state index in [1.165, 1.54) is 0 Å². The van der Waals surface area contributed by atoms with Gasteiger partial charge in [0.2, 0.25) is 0 Å². The summed E-state index contributed by atoms with van der Waals surface area (Å²) in [5, 5.41) is 14.4. The van der Waals surface area contributed by atoms with Gasteiger partial charge in [-0.3, -0.25) is 0 Å². The van der Waals surface area contributed by atoms with Crippen molar-refractivity contribution in [2.45, 2.75) is 6.61 Å². The van der Waals surface area contributed by atoms with Crippen molar-refractivity contribution in [2.24, 2.45) is 0 Å². The maximum absolute atomic E-state index is 9.64. The van der Waals surface area contributed by atoms with E-state index in [0.717, 1.165) is 11.1 Å². The van der Waals surface area contributed by atoms with Gasteiger partial charge in [-0.1, -0.05) is 65.3 Å². The second-order valence-electron chi connectivity index (χ2n) is 4.78. The molecule has 0 atom stereocenters. The monoisotopic (exact) mass is 311 g/mol. The minimum absolute atomic E-state index is 0.143. The van der Waals surface area contributed by atoms with Crippen LogP contribution in [0.25, 0.3) is 23.4 Å². The second-order valence-corrected chi connectivity index (χ2v) is 5.22. The Morgan fingerprint density at radius 2 is 1.73 bits per heavy atom. The Kier molecular flexibility index (Phi) is 4.37. The van der Waals surface area contributed by atoms with Crippen molar-refractivity contribution < 1.29 is 9.63 Å². The zero-order chi connectivity index (χ0) is 15.4. The van der Waals surface area contributed by atoms with Crippen molar-refractivity contribution in [3.63, 3.8) is 0 Å². The molecule has 0 fully saturated rings. The molecule has 22 heavy (non-hydrogen) atoms. The maximum atomic E-state index is 9.64. The molecule has 0 saturated carbocycles. The highest BCUT2D eigenvalue weighted by Gasteiger charge is 2.14. The summed E-state index contributed by atoms with van der Waals surface area (Å²) in [5.41, 5.74) is 3.20. The number of aliphatic hydroxyl groups excluding tert-OH is 1. The van der Waals surface area contributed by atoms with Crippen molar-refractivity contribution in [1.29, 1.82) is 0 Å². The predicted octanol–water partition coefficient (Wildman–Crippen LogP) is 4.66. The summed E-state index contributed by atoms with van der Waals surface area (Å²) >= 11 is 5.89. The fraction of sp³-hybridized carbons (Fsp3) is 0.0556. The van der Waals surface area contributed by atoms with Gasteiger partial charge in [-0.05, 0) is 23.8 Å². The third-order valence-corrected chi connectivity index (χ3v) is 3.57. The van der Waals surface area contributed by atoms with Gasteiger partial charge in [0.1, 0.15) is 5.69 Å². The third kappa shape index (κ3) is 3.11. The summed E-state index contributed by atoms with van der Waals surface area (Å²) < 4.78 is 5.36. The second kappa shape index (κ2) is 6.60. The zero-order valence-corrected chi connectivity index (χ0v) is 12.5. The lowest BCUT2D eigenvalue weighted by Gasteiger charge is -1.99. The van der Waals surface area contributed by atoms with E-state index in [9.17, 15) is 5.11 Å². The highest BCUT2D eigenvalue weighted by atomic mass is 35.5. The van der Waals surface area contributed by atoms with E-state index in [2.05, 4.69) is 5.16 Å². The first-order valence-corrected chi connectivity index (χ1v) is 7.24. The molecule has 1 aromatic heterocycles. The first kappa shape index (κ1) is 14.6. The van der Waals surface area contributed by atoms with Crippen LogP contribution in [0.2, 0.25) is 5.02 Å². The molecule has 1 N–H and O–H groups in total. The van der Waals surface area contributed by atoms with Gasteiger partial charge in [-0.2, -0.15) is 0 Å². The van der Waals surface area contributed by atoms with E-state index < -0.39 is 0 Å². The van der Waals surface area contributed by atoms with Crippen LogP contribution in [-0.2, 0) is 6.61 Å². The average Bonchev–Trinajstić information content (AvgIpc) is 2.97. The van der Waals surface area contributed by atoms with Crippen LogP contribution >= 0.6 is 11.6 Å². The van der Waals surface area contributed by atoms with Crippen molar-refractivity contribution in [3.8, 4) is 11.3 Å². The van der Waals surface area contributed by atoms with E-state index >= 15 is 0 Å². The Morgan fingerprint density at radius 3 is 2.41 bits per heavy atom. The van der Waals surface area contributed by atoms with Crippen molar-refractivity contribution >= 4 is 23.8 Å². The van der Waals surface area contributed by atoms with E-state index in [-0.39, 0.29) is 6.61 Å². The number of nitrogens with zero attached hydrogens (tertiary/aromatic N) is 1. The van der Waals surface area contributed by atoms with Crippen LogP contribution in [-0.4, -0.2) is 10.3 Å². The summed E-state index contributed by atoms with van der Waals surface area (Å²) in [5.74, 6) is 0.552. The topological polar surface area (TPSA) is 46.3 Å². The van der Waals surface area contributed by atoms with Crippen LogP contribution in [0.1, 0.15) is 16.9 Å². The number of rotatable bonds is 4. The lowest BCUT2D eigenvalue weighted by Crippen LogP contribution is -1.88. The highest BCUT2D eigenvalue weighted by Crippen LogP contribution is 2.27. The quantitative estimate of drug-likeness (QED) is 0.762. The maximum Gasteiger partial charge on any atom is 0.165 e. The van der Waals surface area contributed by atoms with E-state index in [0.29, 0.717) is 22.0 Å². The summed E-state index contributed by atoms with van der Waals surface area (Å²) in [6.45, 7) is -0.143. The van der Waals surface area contributed by atoms with Gasteiger partial charge >= 0.3 is 0 Å². The van der Waals surface area contributed by atoms with Crippen LogP contribution < -0.4 is 0 Å². The van der Waals surface area contributed by atoms with Gasteiger partial charge in [-0.15, -0.1) is 0 Å². The largest absolute Gasteiger partial charge is 0.391 e. The van der Waals surface area contributed by atoms with Crippen LogP contribution in [0.4, 0.5) is 0 Å². The Balaban J connectivity index is 1.94. The number of hydrogen-bond donors (Lipinski definition) is 1. The first-order chi connectivity index (χ1) is 10.8. The van der Waals surface area contributed by atoms with Gasteiger partial charge in [0, 0.05) is 10.6 Å². The molecule has 0 amide bonds. The highest BCUT2D eigenvalue weighted by molar-refractivity contribution is 6.30. The Bertz CT molecular complexity index is 777. The molecule has 3 nitrogen and oxygen atoms in total. The molecule has 2 aromatic carbocycles. The molecular formula is C18H14ClNO2. The molecule has 0 aliphatic heterocycles. The van der Waals surface area contributed by atoms with Gasteiger partial charge < -0.3 is 9.63 Å². The molecule has 0 unspecified atom stereocenters. The Labute approximate surface area is 133 Å². The smallest absolute Gasteiger partial charge is 0.165 e. The third-order valence-electron chi connectivity index (χ3n) is 3.32. The molecule has 3 rings (SSSR count). The fourth-order valence-electron chi connectivity index (χ4n) is 2.18. The Hall–Kier alpha value is -2.36. The molecule has 0 radical (unpaired) electrons. The lowest BCUT2D eigenvalue weighted by atomic mass is 10.1. The number of hydrogen-bond acceptors (Lipinski definition) is 3. The summed E-state index contributed by atoms with van der Waals surface area (Å²) in [6, 6.07) is 17.1. The molecule has 0 aliphatic rings. The molecule has 4 heteroatoms. The number of aromatic nitrogens is 1. The number of halogens is 1. The summed E-state index contributed by atoms with van der Waals surface area (Å²) in [6.07, 6.45) is 3.73. The zero-order valence-electron chi connectivity index (χ0n) is 11.7. The van der Waals surface area contributed by atoms with Crippen LogP contribution in [0.3, 0.4) is 0 Å².